The Morgan fingerprint density at radius 2 is 2.20 bits per heavy atom. The van der Waals surface area contributed by atoms with Crippen molar-refractivity contribution >= 4 is 11.8 Å². The summed E-state index contributed by atoms with van der Waals surface area (Å²) in [5.74, 6) is -1.22. The molecule has 5 nitrogen and oxygen atoms in total. The summed E-state index contributed by atoms with van der Waals surface area (Å²) in [4.78, 5) is 22.7. The fraction of sp³-hybridized carbons (Fsp3) is 0.400. The highest BCUT2D eigenvalue weighted by Crippen LogP contribution is 2.31. The lowest BCUT2D eigenvalue weighted by atomic mass is 9.91. The number of ketones is 1. The first kappa shape index (κ1) is 9.92. The largest absolute Gasteiger partial charge is 0.478 e. The summed E-state index contributed by atoms with van der Waals surface area (Å²) in [5.41, 5.74) is -0.939. The van der Waals surface area contributed by atoms with Gasteiger partial charge >= 0.3 is 5.97 Å². The topological polar surface area (TPSA) is 76.7 Å². The molecule has 1 aliphatic heterocycles. The number of carbonyl (C=O) groups is 2. The molecule has 0 saturated heterocycles. The molecule has 0 bridgehead atoms. The third kappa shape index (κ3) is 1.35. The molecule has 0 saturated carbocycles. The maximum Gasteiger partial charge on any atom is 0.339 e. The molecule has 0 amide bonds. The monoisotopic (exact) mass is 210 g/mol. The maximum absolute atomic E-state index is 11.9. The van der Waals surface area contributed by atoms with Crippen molar-refractivity contribution in [3.63, 3.8) is 0 Å². The number of carboxylic acids is 1. The van der Waals surface area contributed by atoms with E-state index in [9.17, 15) is 9.59 Å². The van der Waals surface area contributed by atoms with Crippen LogP contribution in [0.5, 0.6) is 0 Å². The number of rotatable bonds is 1. The lowest BCUT2D eigenvalue weighted by Crippen LogP contribution is -2.39. The Bertz CT molecular complexity index is 441. The van der Waals surface area contributed by atoms with Crippen molar-refractivity contribution in [2.75, 3.05) is 0 Å². The molecule has 0 atom stereocenters. The van der Waals surface area contributed by atoms with E-state index in [0.717, 1.165) is 6.26 Å². The third-order valence-corrected chi connectivity index (χ3v) is 2.44. The third-order valence-electron chi connectivity index (χ3n) is 2.44. The highest BCUT2D eigenvalue weighted by atomic mass is 16.5. The van der Waals surface area contributed by atoms with E-state index in [-0.39, 0.29) is 29.3 Å². The van der Waals surface area contributed by atoms with Crippen molar-refractivity contribution in [3.8, 4) is 0 Å². The van der Waals surface area contributed by atoms with Crippen molar-refractivity contribution in [1.82, 2.24) is 0 Å². The number of carbonyl (C=O) groups excluding carboxylic acids is 1. The van der Waals surface area contributed by atoms with Gasteiger partial charge in [0.2, 0.25) is 0 Å². The normalized spacial score (nSPS) is 18.7. The summed E-state index contributed by atoms with van der Waals surface area (Å²) in [6.07, 6.45) is 1.08. The maximum atomic E-state index is 11.9. The number of furan rings is 1. The SMILES string of the molecule is CC1(C)OCc2occ(C(=O)O)c2C1=O. The van der Waals surface area contributed by atoms with E-state index in [1.54, 1.807) is 13.8 Å². The number of ether oxygens (including phenoxy) is 1. The van der Waals surface area contributed by atoms with E-state index < -0.39 is 11.6 Å². The van der Waals surface area contributed by atoms with E-state index in [1.165, 1.54) is 0 Å². The summed E-state index contributed by atoms with van der Waals surface area (Å²) in [7, 11) is 0. The lowest BCUT2D eigenvalue weighted by molar-refractivity contribution is -0.0278. The summed E-state index contributed by atoms with van der Waals surface area (Å²) < 4.78 is 10.2. The number of carboxylic acid groups (broad SMARTS) is 1. The van der Waals surface area contributed by atoms with Crippen LogP contribution in [-0.2, 0) is 11.3 Å². The summed E-state index contributed by atoms with van der Waals surface area (Å²) in [5, 5.41) is 8.86. The number of hydrogen-bond donors (Lipinski definition) is 1. The number of Topliss-reactive ketones (excluding diaryl/α,β-unsaturated/α-hetero) is 1. The predicted molar refractivity (Wildman–Crippen MR) is 48.9 cm³/mol. The minimum absolute atomic E-state index is 0.0913. The zero-order chi connectivity index (χ0) is 11.2. The van der Waals surface area contributed by atoms with Gasteiger partial charge in [0.05, 0.1) is 5.56 Å². The van der Waals surface area contributed by atoms with Gasteiger partial charge in [-0.05, 0) is 13.8 Å². The van der Waals surface area contributed by atoms with Crippen molar-refractivity contribution in [3.05, 3.63) is 23.2 Å². The van der Waals surface area contributed by atoms with Crippen LogP contribution in [0.4, 0.5) is 0 Å². The van der Waals surface area contributed by atoms with Gasteiger partial charge in [-0.3, -0.25) is 4.79 Å². The fourth-order valence-corrected chi connectivity index (χ4v) is 1.52. The Labute approximate surface area is 85.6 Å². The molecule has 1 N–H and O–H groups in total. The van der Waals surface area contributed by atoms with Gasteiger partial charge in [-0.2, -0.15) is 0 Å². The Kier molecular flexibility index (Phi) is 1.94. The summed E-state index contributed by atoms with van der Waals surface area (Å²) in [6.45, 7) is 3.34. The van der Waals surface area contributed by atoms with Crippen molar-refractivity contribution in [1.29, 1.82) is 0 Å². The van der Waals surface area contributed by atoms with Crippen LogP contribution >= 0.6 is 0 Å². The number of fused-ring (bicyclic) bond motifs is 1. The smallest absolute Gasteiger partial charge is 0.339 e. The van der Waals surface area contributed by atoms with Crippen molar-refractivity contribution in [2.45, 2.75) is 26.1 Å². The van der Waals surface area contributed by atoms with Gasteiger partial charge in [-0.15, -0.1) is 0 Å². The van der Waals surface area contributed by atoms with Crippen LogP contribution in [-0.4, -0.2) is 22.5 Å². The van der Waals surface area contributed by atoms with E-state index in [1.807, 2.05) is 0 Å². The zero-order valence-corrected chi connectivity index (χ0v) is 8.36. The van der Waals surface area contributed by atoms with E-state index >= 15 is 0 Å². The molecule has 1 aromatic heterocycles. The second-order valence-electron chi connectivity index (χ2n) is 3.88. The van der Waals surface area contributed by atoms with Gasteiger partial charge in [0.25, 0.3) is 0 Å². The molecule has 0 aromatic carbocycles. The molecule has 2 rings (SSSR count). The molecule has 2 heterocycles. The molecular formula is C10H10O5. The fourth-order valence-electron chi connectivity index (χ4n) is 1.52. The standard InChI is InChI=1S/C10H10O5/c1-10(2)8(11)7-5(9(12)13)3-14-6(7)4-15-10/h3H,4H2,1-2H3,(H,12,13). The molecule has 0 radical (unpaired) electrons. The molecule has 0 unspecified atom stereocenters. The quantitative estimate of drug-likeness (QED) is 0.759. The molecule has 5 heteroatoms. The summed E-state index contributed by atoms with van der Waals surface area (Å²) in [6, 6.07) is 0. The van der Waals surface area contributed by atoms with Gasteiger partial charge < -0.3 is 14.3 Å². The zero-order valence-electron chi connectivity index (χ0n) is 8.36. The first-order chi connectivity index (χ1) is 6.93. The van der Waals surface area contributed by atoms with Gasteiger partial charge in [-0.1, -0.05) is 0 Å². The van der Waals surface area contributed by atoms with Crippen LogP contribution in [0.25, 0.3) is 0 Å². The van der Waals surface area contributed by atoms with E-state index in [0.29, 0.717) is 0 Å². The molecule has 0 aliphatic carbocycles. The Hall–Kier alpha value is -1.62. The predicted octanol–water partition coefficient (Wildman–Crippen LogP) is 1.47. The second-order valence-corrected chi connectivity index (χ2v) is 3.88. The Morgan fingerprint density at radius 1 is 1.53 bits per heavy atom. The van der Waals surface area contributed by atoms with E-state index in [2.05, 4.69) is 0 Å². The highest BCUT2D eigenvalue weighted by molar-refractivity contribution is 6.10. The molecule has 15 heavy (non-hydrogen) atoms. The minimum atomic E-state index is -1.16. The van der Waals surface area contributed by atoms with Gasteiger partial charge in [0.15, 0.2) is 5.78 Å². The second kappa shape index (κ2) is 2.93. The van der Waals surface area contributed by atoms with E-state index in [4.69, 9.17) is 14.3 Å². The average molecular weight is 210 g/mol. The van der Waals surface area contributed by atoms with Gasteiger partial charge in [-0.25, -0.2) is 4.79 Å². The molecule has 0 spiro atoms. The van der Waals surface area contributed by atoms with Crippen LogP contribution in [0.15, 0.2) is 10.7 Å². The molecular weight excluding hydrogens is 200 g/mol. The van der Waals surface area contributed by atoms with Crippen LogP contribution in [0, 0.1) is 0 Å². The molecule has 80 valence electrons. The minimum Gasteiger partial charge on any atom is -0.478 e. The number of aromatic carboxylic acids is 1. The van der Waals surface area contributed by atoms with Crippen LogP contribution in [0.1, 0.15) is 40.3 Å². The molecule has 1 aliphatic rings. The number of hydrogen-bond acceptors (Lipinski definition) is 4. The Balaban J connectivity index is 2.58. The molecule has 0 fully saturated rings. The van der Waals surface area contributed by atoms with Gasteiger partial charge in [0.1, 0.15) is 29.8 Å². The lowest BCUT2D eigenvalue weighted by Gasteiger charge is -2.27. The first-order valence-corrected chi connectivity index (χ1v) is 4.46. The van der Waals surface area contributed by atoms with Crippen molar-refractivity contribution in [2.24, 2.45) is 0 Å². The van der Waals surface area contributed by atoms with Gasteiger partial charge in [0, 0.05) is 0 Å². The molecule has 1 aromatic rings. The van der Waals surface area contributed by atoms with Crippen LogP contribution in [0.2, 0.25) is 0 Å². The first-order valence-electron chi connectivity index (χ1n) is 4.46. The average Bonchev–Trinajstić information content (AvgIpc) is 2.55. The Morgan fingerprint density at radius 3 is 2.80 bits per heavy atom. The van der Waals surface area contributed by atoms with Crippen LogP contribution in [0.3, 0.4) is 0 Å². The van der Waals surface area contributed by atoms with Crippen molar-refractivity contribution < 1.29 is 23.8 Å². The highest BCUT2D eigenvalue weighted by Gasteiger charge is 2.40. The summed E-state index contributed by atoms with van der Waals surface area (Å²) >= 11 is 0. The van der Waals surface area contributed by atoms with Crippen LogP contribution < -0.4 is 0 Å².